The third kappa shape index (κ3) is 3.00. The van der Waals surface area contributed by atoms with Crippen molar-refractivity contribution in [1.29, 1.82) is 0 Å². The molecule has 0 aromatic heterocycles. The van der Waals surface area contributed by atoms with Crippen LogP contribution in [0.25, 0.3) is 0 Å². The van der Waals surface area contributed by atoms with E-state index in [2.05, 4.69) is 15.9 Å². The van der Waals surface area contributed by atoms with E-state index in [0.717, 1.165) is 10.0 Å². The molecule has 0 unspecified atom stereocenters. The van der Waals surface area contributed by atoms with Crippen LogP contribution in [0.1, 0.15) is 5.56 Å². The molecule has 0 saturated carbocycles. The Kier molecular flexibility index (Phi) is 3.47. The third-order valence-corrected chi connectivity index (χ3v) is 2.61. The predicted octanol–water partition coefficient (Wildman–Crippen LogP) is 3.73. The minimum atomic E-state index is 0.215. The number of aromatic hydroxyl groups is 1. The van der Waals surface area contributed by atoms with E-state index in [0.29, 0.717) is 12.4 Å². The molecule has 3 heteroatoms. The van der Waals surface area contributed by atoms with Gasteiger partial charge in [-0.2, -0.15) is 0 Å². The first-order chi connectivity index (χ1) is 7.74. The van der Waals surface area contributed by atoms with Gasteiger partial charge in [-0.25, -0.2) is 0 Å². The average Bonchev–Trinajstić information content (AvgIpc) is 2.27. The smallest absolute Gasteiger partial charge is 0.123 e. The van der Waals surface area contributed by atoms with Gasteiger partial charge in [0.05, 0.1) is 0 Å². The van der Waals surface area contributed by atoms with Gasteiger partial charge in [0, 0.05) is 10.5 Å². The molecule has 0 bridgehead atoms. The van der Waals surface area contributed by atoms with E-state index in [9.17, 15) is 5.11 Å². The van der Waals surface area contributed by atoms with Crippen molar-refractivity contribution in [2.45, 2.75) is 6.61 Å². The van der Waals surface area contributed by atoms with Crippen LogP contribution in [0, 0.1) is 0 Å². The average molecular weight is 279 g/mol. The van der Waals surface area contributed by atoms with Crippen LogP contribution in [0.3, 0.4) is 0 Å². The lowest BCUT2D eigenvalue weighted by Crippen LogP contribution is -1.94. The van der Waals surface area contributed by atoms with Crippen LogP contribution in [-0.2, 0) is 6.61 Å². The van der Waals surface area contributed by atoms with Crippen LogP contribution in [0.4, 0.5) is 0 Å². The Morgan fingerprint density at radius 3 is 2.62 bits per heavy atom. The van der Waals surface area contributed by atoms with Gasteiger partial charge in [-0.05, 0) is 29.8 Å². The van der Waals surface area contributed by atoms with Crippen molar-refractivity contribution < 1.29 is 9.84 Å². The minimum absolute atomic E-state index is 0.215. The topological polar surface area (TPSA) is 29.5 Å². The van der Waals surface area contributed by atoms with Gasteiger partial charge >= 0.3 is 0 Å². The molecule has 2 rings (SSSR count). The van der Waals surface area contributed by atoms with Crippen molar-refractivity contribution in [3.8, 4) is 11.5 Å². The third-order valence-electron chi connectivity index (χ3n) is 2.11. The van der Waals surface area contributed by atoms with E-state index < -0.39 is 0 Å². The maximum Gasteiger partial charge on any atom is 0.123 e. The summed E-state index contributed by atoms with van der Waals surface area (Å²) in [4.78, 5) is 0. The van der Waals surface area contributed by atoms with Gasteiger partial charge in [0.2, 0.25) is 0 Å². The van der Waals surface area contributed by atoms with Crippen LogP contribution < -0.4 is 4.74 Å². The molecule has 0 aliphatic carbocycles. The zero-order chi connectivity index (χ0) is 11.4. The minimum Gasteiger partial charge on any atom is -0.508 e. The first-order valence-electron chi connectivity index (χ1n) is 4.90. The summed E-state index contributed by atoms with van der Waals surface area (Å²) < 4.78 is 6.58. The van der Waals surface area contributed by atoms with Crippen LogP contribution in [0.5, 0.6) is 11.5 Å². The van der Waals surface area contributed by atoms with E-state index in [1.165, 1.54) is 0 Å². The molecule has 2 nitrogen and oxygen atoms in total. The number of phenolic OH excluding ortho intramolecular Hbond substituents is 1. The fraction of sp³-hybridized carbons (Fsp3) is 0.0769. The summed E-state index contributed by atoms with van der Waals surface area (Å²) in [5, 5.41) is 9.27. The van der Waals surface area contributed by atoms with Crippen LogP contribution in [0.2, 0.25) is 0 Å². The van der Waals surface area contributed by atoms with E-state index in [4.69, 9.17) is 4.74 Å². The Labute approximate surface area is 103 Å². The van der Waals surface area contributed by atoms with Gasteiger partial charge in [-0.15, -0.1) is 0 Å². The Morgan fingerprint density at radius 1 is 1.06 bits per heavy atom. The van der Waals surface area contributed by atoms with Crippen molar-refractivity contribution in [2.24, 2.45) is 0 Å². The van der Waals surface area contributed by atoms with Crippen molar-refractivity contribution in [3.63, 3.8) is 0 Å². The van der Waals surface area contributed by atoms with Gasteiger partial charge in [0.25, 0.3) is 0 Å². The number of benzene rings is 2. The second-order valence-electron chi connectivity index (χ2n) is 3.42. The summed E-state index contributed by atoms with van der Waals surface area (Å²) >= 11 is 3.40. The lowest BCUT2D eigenvalue weighted by Gasteiger charge is -2.06. The maximum absolute atomic E-state index is 9.27. The summed E-state index contributed by atoms with van der Waals surface area (Å²) in [6.45, 7) is 0.489. The maximum atomic E-state index is 9.27. The van der Waals surface area contributed by atoms with Gasteiger partial charge in [-0.1, -0.05) is 34.1 Å². The molecule has 0 spiro atoms. The molecule has 2 aromatic carbocycles. The molecule has 82 valence electrons. The van der Waals surface area contributed by atoms with E-state index >= 15 is 0 Å². The molecular weight excluding hydrogens is 268 g/mol. The first kappa shape index (κ1) is 11.0. The highest BCUT2D eigenvalue weighted by Crippen LogP contribution is 2.19. The monoisotopic (exact) mass is 278 g/mol. The SMILES string of the molecule is Oc1cccc(OCc2cccc(Br)c2)c1. The fourth-order valence-electron chi connectivity index (χ4n) is 1.37. The van der Waals surface area contributed by atoms with Crippen LogP contribution in [-0.4, -0.2) is 5.11 Å². The summed E-state index contributed by atoms with van der Waals surface area (Å²) in [5.41, 5.74) is 1.08. The van der Waals surface area contributed by atoms with Gasteiger partial charge in [0.15, 0.2) is 0 Å². The molecule has 16 heavy (non-hydrogen) atoms. The number of phenols is 1. The Hall–Kier alpha value is -1.48. The molecule has 0 amide bonds. The summed E-state index contributed by atoms with van der Waals surface area (Å²) in [6.07, 6.45) is 0. The van der Waals surface area contributed by atoms with Crippen LogP contribution in [0.15, 0.2) is 53.0 Å². The van der Waals surface area contributed by atoms with Gasteiger partial charge < -0.3 is 9.84 Å². The van der Waals surface area contributed by atoms with E-state index in [-0.39, 0.29) is 5.75 Å². The quantitative estimate of drug-likeness (QED) is 0.927. The van der Waals surface area contributed by atoms with Crippen molar-refractivity contribution >= 4 is 15.9 Å². The summed E-state index contributed by atoms with van der Waals surface area (Å²) in [7, 11) is 0. The number of halogens is 1. The van der Waals surface area contributed by atoms with Crippen molar-refractivity contribution in [1.82, 2.24) is 0 Å². The molecule has 1 N–H and O–H groups in total. The largest absolute Gasteiger partial charge is 0.508 e. The molecule has 0 aliphatic heterocycles. The molecule has 0 aliphatic rings. The lowest BCUT2D eigenvalue weighted by atomic mass is 10.2. The van der Waals surface area contributed by atoms with Crippen LogP contribution >= 0.6 is 15.9 Å². The molecule has 0 saturated heterocycles. The van der Waals surface area contributed by atoms with Crippen molar-refractivity contribution in [2.75, 3.05) is 0 Å². The number of ether oxygens (including phenoxy) is 1. The second-order valence-corrected chi connectivity index (χ2v) is 4.33. The fourth-order valence-corrected chi connectivity index (χ4v) is 1.81. The summed E-state index contributed by atoms with van der Waals surface area (Å²) in [5.74, 6) is 0.881. The molecule has 0 radical (unpaired) electrons. The molecular formula is C13H11BrO2. The molecule has 2 aromatic rings. The second kappa shape index (κ2) is 5.03. The highest BCUT2D eigenvalue weighted by atomic mass is 79.9. The molecule has 0 atom stereocenters. The molecule has 0 heterocycles. The standard InChI is InChI=1S/C13H11BrO2/c14-11-4-1-3-10(7-11)9-16-13-6-2-5-12(15)8-13/h1-8,15H,9H2. The number of hydrogen-bond acceptors (Lipinski definition) is 2. The van der Waals surface area contributed by atoms with Gasteiger partial charge in [0.1, 0.15) is 18.1 Å². The zero-order valence-electron chi connectivity index (χ0n) is 8.56. The zero-order valence-corrected chi connectivity index (χ0v) is 10.1. The van der Waals surface area contributed by atoms with E-state index in [1.807, 2.05) is 30.3 Å². The van der Waals surface area contributed by atoms with E-state index in [1.54, 1.807) is 18.2 Å². The Morgan fingerprint density at radius 2 is 1.88 bits per heavy atom. The summed E-state index contributed by atoms with van der Waals surface area (Å²) in [6, 6.07) is 14.7. The first-order valence-corrected chi connectivity index (χ1v) is 5.69. The number of hydrogen-bond donors (Lipinski definition) is 1. The Balaban J connectivity index is 2.02. The van der Waals surface area contributed by atoms with Crippen molar-refractivity contribution in [3.05, 3.63) is 58.6 Å². The highest BCUT2D eigenvalue weighted by molar-refractivity contribution is 9.10. The Bertz CT molecular complexity index is 437. The number of rotatable bonds is 3. The normalized spacial score (nSPS) is 10.1. The van der Waals surface area contributed by atoms with Gasteiger partial charge in [-0.3, -0.25) is 0 Å². The predicted molar refractivity (Wildman–Crippen MR) is 66.6 cm³/mol. The lowest BCUT2D eigenvalue weighted by molar-refractivity contribution is 0.304. The highest BCUT2D eigenvalue weighted by Gasteiger charge is 1.97. The molecule has 0 fully saturated rings.